The molecule has 19 heavy (non-hydrogen) atoms. The van der Waals surface area contributed by atoms with Gasteiger partial charge in [-0.15, -0.1) is 0 Å². The lowest BCUT2D eigenvalue weighted by Crippen LogP contribution is -2.14. The maximum absolute atomic E-state index is 5.69. The fourth-order valence-electron chi connectivity index (χ4n) is 3.10. The van der Waals surface area contributed by atoms with E-state index in [0.29, 0.717) is 5.92 Å². The smallest absolute Gasteiger partial charge is 0.161 e. The lowest BCUT2D eigenvalue weighted by molar-refractivity contribution is 0.0697. The molecule has 0 saturated heterocycles. The molecule has 0 bridgehead atoms. The summed E-state index contributed by atoms with van der Waals surface area (Å²) in [6.07, 6.45) is 1.15. The number of fused-ring (bicyclic) bond motifs is 3. The van der Waals surface area contributed by atoms with Crippen LogP contribution in [0.2, 0.25) is 0 Å². The van der Waals surface area contributed by atoms with Crippen molar-refractivity contribution < 1.29 is 4.84 Å². The average molecular weight is 249 g/mol. The molecule has 2 aliphatic rings. The molecule has 2 aromatic rings. The van der Waals surface area contributed by atoms with Crippen LogP contribution in [0, 0.1) is 12.8 Å². The highest BCUT2D eigenvalue weighted by Crippen LogP contribution is 2.44. The second kappa shape index (κ2) is 3.95. The van der Waals surface area contributed by atoms with E-state index in [2.05, 4.69) is 60.6 Å². The van der Waals surface area contributed by atoms with Crippen LogP contribution in [0.5, 0.6) is 0 Å². The molecule has 1 aliphatic carbocycles. The van der Waals surface area contributed by atoms with E-state index in [1.807, 2.05) is 0 Å². The van der Waals surface area contributed by atoms with Crippen molar-refractivity contribution in [3.05, 3.63) is 70.8 Å². The Morgan fingerprint density at radius 3 is 2.68 bits per heavy atom. The van der Waals surface area contributed by atoms with Crippen molar-refractivity contribution in [3.8, 4) is 0 Å². The first-order valence-corrected chi connectivity index (χ1v) is 6.71. The molecule has 2 atom stereocenters. The summed E-state index contributed by atoms with van der Waals surface area (Å²) < 4.78 is 0. The minimum absolute atomic E-state index is 0.118. The van der Waals surface area contributed by atoms with Gasteiger partial charge >= 0.3 is 0 Å². The van der Waals surface area contributed by atoms with Gasteiger partial charge in [0.15, 0.2) is 6.10 Å². The molecular weight excluding hydrogens is 234 g/mol. The van der Waals surface area contributed by atoms with Gasteiger partial charge in [0, 0.05) is 0 Å². The van der Waals surface area contributed by atoms with Crippen molar-refractivity contribution in [2.75, 3.05) is 0 Å². The van der Waals surface area contributed by atoms with Crippen LogP contribution >= 0.6 is 0 Å². The third-order valence-electron chi connectivity index (χ3n) is 4.13. The van der Waals surface area contributed by atoms with E-state index in [9.17, 15) is 0 Å². The fourth-order valence-corrected chi connectivity index (χ4v) is 3.10. The molecule has 0 radical (unpaired) electrons. The SMILES string of the molecule is Cc1ccc(C2=NO[C@H]3c4ccccc4C[C@@H]23)cc1. The fraction of sp³-hybridized carbons (Fsp3) is 0.235. The normalized spacial score (nSPS) is 23.5. The molecule has 1 aliphatic heterocycles. The number of hydrogen-bond acceptors (Lipinski definition) is 2. The molecule has 0 fully saturated rings. The number of aryl methyl sites for hydroxylation is 1. The van der Waals surface area contributed by atoms with Crippen LogP contribution in [0.1, 0.15) is 28.4 Å². The number of rotatable bonds is 1. The number of hydrogen-bond donors (Lipinski definition) is 0. The summed E-state index contributed by atoms with van der Waals surface area (Å²) >= 11 is 0. The van der Waals surface area contributed by atoms with Crippen molar-refractivity contribution in [1.82, 2.24) is 0 Å². The highest BCUT2D eigenvalue weighted by atomic mass is 16.6. The van der Waals surface area contributed by atoms with Crippen molar-refractivity contribution >= 4 is 5.71 Å². The third kappa shape index (κ3) is 1.60. The quantitative estimate of drug-likeness (QED) is 0.756. The van der Waals surface area contributed by atoms with Crippen LogP contribution in [0.3, 0.4) is 0 Å². The Labute approximate surface area is 112 Å². The van der Waals surface area contributed by atoms with Gasteiger partial charge in [-0.05, 0) is 30.0 Å². The van der Waals surface area contributed by atoms with E-state index in [0.717, 1.165) is 12.1 Å². The van der Waals surface area contributed by atoms with E-state index in [-0.39, 0.29) is 6.10 Å². The zero-order valence-corrected chi connectivity index (χ0v) is 10.8. The Morgan fingerprint density at radius 1 is 1.05 bits per heavy atom. The van der Waals surface area contributed by atoms with E-state index < -0.39 is 0 Å². The lowest BCUT2D eigenvalue weighted by Gasteiger charge is -2.09. The standard InChI is InChI=1S/C17H15NO/c1-11-6-8-12(9-7-11)16-15-10-13-4-2-3-5-14(13)17(15)19-18-16/h2-9,15,17H,10H2,1H3/t15-,17-/m0/s1. The summed E-state index contributed by atoms with van der Waals surface area (Å²) in [7, 11) is 0. The average Bonchev–Trinajstić information content (AvgIpc) is 2.98. The monoisotopic (exact) mass is 249 g/mol. The van der Waals surface area contributed by atoms with Gasteiger partial charge in [0.1, 0.15) is 0 Å². The molecule has 0 unspecified atom stereocenters. The molecule has 0 saturated carbocycles. The van der Waals surface area contributed by atoms with Crippen LogP contribution in [0.25, 0.3) is 0 Å². The minimum atomic E-state index is 0.118. The third-order valence-corrected chi connectivity index (χ3v) is 4.13. The molecular formula is C17H15NO. The molecule has 0 N–H and O–H groups in total. The second-order valence-corrected chi connectivity index (χ2v) is 5.38. The molecule has 2 aromatic carbocycles. The predicted octanol–water partition coefficient (Wildman–Crippen LogP) is 3.64. The van der Waals surface area contributed by atoms with Gasteiger partial charge in [0.05, 0.1) is 11.6 Å². The topological polar surface area (TPSA) is 21.6 Å². The van der Waals surface area contributed by atoms with Gasteiger partial charge in [-0.2, -0.15) is 0 Å². The summed E-state index contributed by atoms with van der Waals surface area (Å²) in [5.74, 6) is 0.375. The zero-order chi connectivity index (χ0) is 12.8. The zero-order valence-electron chi connectivity index (χ0n) is 10.8. The first-order chi connectivity index (χ1) is 9.33. The molecule has 2 heteroatoms. The molecule has 94 valence electrons. The van der Waals surface area contributed by atoms with Crippen LogP contribution in [0.4, 0.5) is 0 Å². The van der Waals surface area contributed by atoms with Crippen LogP contribution in [0.15, 0.2) is 53.7 Å². The van der Waals surface area contributed by atoms with E-state index in [4.69, 9.17) is 4.84 Å². The van der Waals surface area contributed by atoms with Crippen LogP contribution in [-0.4, -0.2) is 5.71 Å². The van der Waals surface area contributed by atoms with Crippen molar-refractivity contribution in [1.29, 1.82) is 0 Å². The Morgan fingerprint density at radius 2 is 1.84 bits per heavy atom. The van der Waals surface area contributed by atoms with Crippen LogP contribution < -0.4 is 0 Å². The maximum atomic E-state index is 5.69. The minimum Gasteiger partial charge on any atom is -0.387 e. The molecule has 1 heterocycles. The van der Waals surface area contributed by atoms with E-state index >= 15 is 0 Å². The summed E-state index contributed by atoms with van der Waals surface area (Å²) in [5, 5.41) is 4.34. The number of nitrogens with zero attached hydrogens (tertiary/aromatic N) is 1. The summed E-state index contributed by atoms with van der Waals surface area (Å²) in [6.45, 7) is 2.10. The van der Waals surface area contributed by atoms with Gasteiger partial charge in [0.2, 0.25) is 0 Å². The van der Waals surface area contributed by atoms with Gasteiger partial charge in [-0.1, -0.05) is 59.3 Å². The van der Waals surface area contributed by atoms with Crippen molar-refractivity contribution in [2.24, 2.45) is 11.1 Å². The lowest BCUT2D eigenvalue weighted by atomic mass is 9.92. The Kier molecular flexibility index (Phi) is 2.25. The Hall–Kier alpha value is -2.09. The largest absolute Gasteiger partial charge is 0.387 e. The van der Waals surface area contributed by atoms with Crippen LogP contribution in [-0.2, 0) is 11.3 Å². The first kappa shape index (κ1) is 10.8. The second-order valence-electron chi connectivity index (χ2n) is 5.38. The van der Waals surface area contributed by atoms with Gasteiger partial charge < -0.3 is 4.84 Å². The Balaban J connectivity index is 1.70. The van der Waals surface area contributed by atoms with Crippen molar-refractivity contribution in [3.63, 3.8) is 0 Å². The van der Waals surface area contributed by atoms with E-state index in [1.54, 1.807) is 0 Å². The maximum Gasteiger partial charge on any atom is 0.161 e. The first-order valence-electron chi connectivity index (χ1n) is 6.71. The summed E-state index contributed by atoms with van der Waals surface area (Å²) in [5.41, 5.74) is 6.26. The molecule has 2 nitrogen and oxygen atoms in total. The highest BCUT2D eigenvalue weighted by Gasteiger charge is 2.42. The predicted molar refractivity (Wildman–Crippen MR) is 75.2 cm³/mol. The number of benzene rings is 2. The Bertz CT molecular complexity index is 657. The molecule has 0 aromatic heterocycles. The molecule has 0 amide bonds. The highest BCUT2D eigenvalue weighted by molar-refractivity contribution is 6.03. The van der Waals surface area contributed by atoms with E-state index in [1.165, 1.54) is 22.3 Å². The molecule has 4 rings (SSSR count). The van der Waals surface area contributed by atoms with Gasteiger partial charge in [0.25, 0.3) is 0 Å². The number of oxime groups is 1. The van der Waals surface area contributed by atoms with Crippen molar-refractivity contribution in [2.45, 2.75) is 19.4 Å². The van der Waals surface area contributed by atoms with Gasteiger partial charge in [-0.3, -0.25) is 0 Å². The summed E-state index contributed by atoms with van der Waals surface area (Å²) in [4.78, 5) is 5.69. The van der Waals surface area contributed by atoms with Gasteiger partial charge in [-0.25, -0.2) is 0 Å². The summed E-state index contributed by atoms with van der Waals surface area (Å²) in [6, 6.07) is 17.1. The molecule has 0 spiro atoms.